The Morgan fingerprint density at radius 3 is 2.49 bits per heavy atom. The molecule has 1 aromatic heterocycles. The number of allylic oxidation sites excluding steroid dienone is 1. The highest BCUT2D eigenvalue weighted by molar-refractivity contribution is 5.81. The second-order valence-corrected chi connectivity index (χ2v) is 10.4. The van der Waals surface area contributed by atoms with Crippen molar-refractivity contribution in [2.75, 3.05) is 0 Å². The van der Waals surface area contributed by atoms with Crippen LogP contribution in [0.2, 0.25) is 0 Å². The van der Waals surface area contributed by atoms with E-state index in [1.165, 1.54) is 37.0 Å². The fraction of sp³-hybridized carbons (Fsp3) is 0.406. The summed E-state index contributed by atoms with van der Waals surface area (Å²) in [6.07, 6.45) is 10.8. The van der Waals surface area contributed by atoms with Gasteiger partial charge in [-0.15, -0.1) is 0 Å². The zero-order chi connectivity index (χ0) is 26.5. The third-order valence-electron chi connectivity index (χ3n) is 7.76. The van der Waals surface area contributed by atoms with Crippen LogP contribution in [0.5, 0.6) is 0 Å². The Bertz CT molecular complexity index is 1380. The van der Waals surface area contributed by atoms with Gasteiger partial charge in [0.05, 0.1) is 16.8 Å². The molecular weight excluding hydrogens is 461 g/mol. The second-order valence-electron chi connectivity index (χ2n) is 10.4. The summed E-state index contributed by atoms with van der Waals surface area (Å²) >= 11 is 0. The first-order chi connectivity index (χ1) is 17.9. The molecule has 0 saturated heterocycles. The van der Waals surface area contributed by atoms with Crippen molar-refractivity contribution in [3.8, 4) is 28.5 Å². The van der Waals surface area contributed by atoms with Crippen LogP contribution in [0.4, 0.5) is 4.39 Å². The summed E-state index contributed by atoms with van der Waals surface area (Å²) in [7, 11) is 1.73. The summed E-state index contributed by atoms with van der Waals surface area (Å²) in [5.74, 6) is 1.61. The molecule has 0 aliphatic heterocycles. The Balaban J connectivity index is 1.84. The van der Waals surface area contributed by atoms with Gasteiger partial charge in [0.25, 0.3) is 5.56 Å². The van der Waals surface area contributed by atoms with Crippen molar-refractivity contribution in [3.05, 3.63) is 81.7 Å². The van der Waals surface area contributed by atoms with Crippen molar-refractivity contribution in [1.29, 1.82) is 5.26 Å². The average Bonchev–Trinajstić information content (AvgIpc) is 3.34. The molecule has 4 rings (SSSR count). The molecule has 192 valence electrons. The molecule has 4 nitrogen and oxygen atoms in total. The zero-order valence-electron chi connectivity index (χ0n) is 22.3. The number of aromatic nitrogens is 2. The highest BCUT2D eigenvalue weighted by Gasteiger charge is 2.23. The van der Waals surface area contributed by atoms with E-state index in [0.29, 0.717) is 34.5 Å². The summed E-state index contributed by atoms with van der Waals surface area (Å²) in [5.41, 5.74) is 3.19. The Kier molecular flexibility index (Phi) is 8.38. The molecule has 5 heteroatoms. The summed E-state index contributed by atoms with van der Waals surface area (Å²) in [6, 6.07) is 14.5. The molecule has 1 heterocycles. The van der Waals surface area contributed by atoms with E-state index >= 15 is 0 Å². The zero-order valence-corrected chi connectivity index (χ0v) is 22.3. The van der Waals surface area contributed by atoms with Crippen molar-refractivity contribution in [2.45, 2.75) is 65.2 Å². The summed E-state index contributed by atoms with van der Waals surface area (Å²) in [4.78, 5) is 18.6. The lowest BCUT2D eigenvalue weighted by Gasteiger charge is -2.16. The molecule has 0 N–H and O–H groups in total. The van der Waals surface area contributed by atoms with Crippen molar-refractivity contribution >= 4 is 6.08 Å². The number of nitrogens with zero attached hydrogens (tertiary/aromatic N) is 3. The van der Waals surface area contributed by atoms with E-state index in [2.05, 4.69) is 39.0 Å². The third-order valence-corrected chi connectivity index (χ3v) is 7.76. The van der Waals surface area contributed by atoms with Crippen LogP contribution in [0, 0.1) is 29.0 Å². The predicted molar refractivity (Wildman–Crippen MR) is 149 cm³/mol. The predicted octanol–water partition coefficient (Wildman–Crippen LogP) is 7.87. The molecule has 1 aliphatic rings. The second kappa shape index (κ2) is 11.7. The molecular formula is C32H36FN3O. The molecule has 37 heavy (non-hydrogen) atoms. The third kappa shape index (κ3) is 5.74. The Labute approximate surface area is 219 Å². The van der Waals surface area contributed by atoms with Gasteiger partial charge in [0.15, 0.2) is 0 Å². The molecule has 3 aromatic rings. The molecule has 1 saturated carbocycles. The normalized spacial score (nSPS) is 18.3. The van der Waals surface area contributed by atoms with E-state index in [-0.39, 0.29) is 11.1 Å². The van der Waals surface area contributed by atoms with Gasteiger partial charge >= 0.3 is 0 Å². The van der Waals surface area contributed by atoms with Gasteiger partial charge in [-0.3, -0.25) is 9.36 Å². The summed E-state index contributed by atoms with van der Waals surface area (Å²) in [6.45, 7) is 6.62. The lowest BCUT2D eigenvalue weighted by molar-refractivity contribution is 0.565. The first kappa shape index (κ1) is 26.5. The van der Waals surface area contributed by atoms with Crippen molar-refractivity contribution in [1.82, 2.24) is 9.55 Å². The minimum absolute atomic E-state index is 0.0326. The van der Waals surface area contributed by atoms with E-state index in [9.17, 15) is 14.4 Å². The number of hydrogen-bond acceptors (Lipinski definition) is 3. The van der Waals surface area contributed by atoms with Crippen molar-refractivity contribution in [2.24, 2.45) is 18.9 Å². The van der Waals surface area contributed by atoms with Gasteiger partial charge in [0, 0.05) is 12.6 Å². The maximum absolute atomic E-state index is 14.6. The minimum Gasteiger partial charge on any atom is -0.296 e. The van der Waals surface area contributed by atoms with Gasteiger partial charge in [0.2, 0.25) is 0 Å². The SMILES string of the molecule is CCCC(/C=C/c1nc(-c2ccc(C#N)c(F)c2)c(-c2ccc(C3CCC(C)C3)cc2)c(=O)n1C)CC. The maximum atomic E-state index is 14.6. The molecule has 0 amide bonds. The number of nitriles is 1. The number of hydrogen-bond donors (Lipinski definition) is 0. The highest BCUT2D eigenvalue weighted by atomic mass is 19.1. The van der Waals surface area contributed by atoms with Crippen LogP contribution in [0.1, 0.15) is 82.2 Å². The Hall–Kier alpha value is -3.52. The van der Waals surface area contributed by atoms with Crippen LogP contribution in [-0.2, 0) is 7.05 Å². The van der Waals surface area contributed by atoms with Gasteiger partial charge in [-0.2, -0.15) is 5.26 Å². The minimum atomic E-state index is -0.620. The highest BCUT2D eigenvalue weighted by Crippen LogP contribution is 2.39. The van der Waals surface area contributed by atoms with E-state index in [1.807, 2.05) is 24.3 Å². The quantitative estimate of drug-likeness (QED) is 0.318. The van der Waals surface area contributed by atoms with E-state index < -0.39 is 5.82 Å². The van der Waals surface area contributed by atoms with Crippen LogP contribution in [0.15, 0.2) is 53.3 Å². The topological polar surface area (TPSA) is 58.7 Å². The van der Waals surface area contributed by atoms with Gasteiger partial charge in [-0.05, 0) is 72.8 Å². The number of rotatable bonds is 8. The first-order valence-corrected chi connectivity index (χ1v) is 13.5. The smallest absolute Gasteiger partial charge is 0.262 e. The lowest BCUT2D eigenvalue weighted by atomic mass is 9.93. The number of halogens is 1. The van der Waals surface area contributed by atoms with Crippen LogP contribution in [0.25, 0.3) is 28.5 Å². The van der Waals surface area contributed by atoms with Crippen molar-refractivity contribution in [3.63, 3.8) is 0 Å². The van der Waals surface area contributed by atoms with Crippen LogP contribution in [-0.4, -0.2) is 9.55 Å². The molecule has 0 spiro atoms. The summed E-state index contributed by atoms with van der Waals surface area (Å²) in [5, 5.41) is 9.19. The Morgan fingerprint density at radius 1 is 1.16 bits per heavy atom. The molecule has 2 aromatic carbocycles. The number of benzene rings is 2. The van der Waals surface area contributed by atoms with Crippen molar-refractivity contribution < 1.29 is 4.39 Å². The fourth-order valence-electron chi connectivity index (χ4n) is 5.45. The molecule has 1 aliphatic carbocycles. The van der Waals surface area contributed by atoms with E-state index in [0.717, 1.165) is 30.7 Å². The molecule has 3 unspecified atom stereocenters. The Morgan fingerprint density at radius 2 is 1.89 bits per heavy atom. The van der Waals surface area contributed by atoms with Crippen LogP contribution >= 0.6 is 0 Å². The van der Waals surface area contributed by atoms with Crippen LogP contribution < -0.4 is 5.56 Å². The molecule has 1 fully saturated rings. The fourth-order valence-corrected chi connectivity index (χ4v) is 5.45. The van der Waals surface area contributed by atoms with Gasteiger partial charge in [-0.1, -0.05) is 70.0 Å². The largest absolute Gasteiger partial charge is 0.296 e. The van der Waals surface area contributed by atoms with E-state index in [4.69, 9.17) is 4.98 Å². The summed E-state index contributed by atoms with van der Waals surface area (Å²) < 4.78 is 16.2. The van der Waals surface area contributed by atoms with E-state index in [1.54, 1.807) is 17.7 Å². The molecule has 0 radical (unpaired) electrons. The lowest BCUT2D eigenvalue weighted by Crippen LogP contribution is -2.23. The van der Waals surface area contributed by atoms with Gasteiger partial charge < -0.3 is 0 Å². The standard InChI is InChI=1S/C32H36FN3O/c1-5-7-22(6-2)9-17-29-35-31(26-15-16-27(20-34)28(33)19-26)30(32(37)36(29)4)24-13-11-23(12-14-24)25-10-8-21(3)18-25/h9,11-17,19,21-22,25H,5-8,10,18H2,1-4H3/b17-9+. The van der Waals surface area contributed by atoms with Gasteiger partial charge in [0.1, 0.15) is 17.7 Å². The van der Waals surface area contributed by atoms with Gasteiger partial charge in [-0.25, -0.2) is 9.37 Å². The maximum Gasteiger partial charge on any atom is 0.262 e. The monoisotopic (exact) mass is 497 g/mol. The van der Waals surface area contributed by atoms with Crippen LogP contribution in [0.3, 0.4) is 0 Å². The average molecular weight is 498 g/mol. The molecule has 3 atom stereocenters. The molecule has 0 bridgehead atoms. The first-order valence-electron chi connectivity index (χ1n) is 13.5.